The Hall–Kier alpha value is -2.61. The number of hydrogen-bond donors (Lipinski definition) is 1. The van der Waals surface area contributed by atoms with E-state index in [1.807, 2.05) is 56.3 Å². The van der Waals surface area contributed by atoms with Gasteiger partial charge in [-0.2, -0.15) is 0 Å². The summed E-state index contributed by atoms with van der Waals surface area (Å²) in [5.41, 5.74) is 2.78. The molecule has 34 heavy (non-hydrogen) atoms. The summed E-state index contributed by atoms with van der Waals surface area (Å²) in [5.74, 6) is 1.26. The Kier molecular flexibility index (Phi) is 7.45. The van der Waals surface area contributed by atoms with Crippen molar-refractivity contribution in [2.24, 2.45) is 0 Å². The number of nitrogens with one attached hydrogen (secondary N) is 1. The van der Waals surface area contributed by atoms with Gasteiger partial charge in [0.25, 0.3) is 0 Å². The first-order chi connectivity index (χ1) is 16.3. The van der Waals surface area contributed by atoms with Crippen molar-refractivity contribution in [1.29, 1.82) is 0 Å². The van der Waals surface area contributed by atoms with E-state index in [0.29, 0.717) is 16.6 Å². The smallest absolute Gasteiger partial charge is 0.132 e. The SMILES string of the molecule is COc1ccc(CNc2ccc3c(c2)C(OC)C(OCc2ccc(Br)cc2F)C(C)(C)O3)cc1. The van der Waals surface area contributed by atoms with E-state index in [-0.39, 0.29) is 18.5 Å². The number of fused-ring (bicyclic) bond motifs is 1. The van der Waals surface area contributed by atoms with Crippen LogP contribution >= 0.6 is 15.9 Å². The summed E-state index contributed by atoms with van der Waals surface area (Å²) in [7, 11) is 3.31. The summed E-state index contributed by atoms with van der Waals surface area (Å²) < 4.78 is 38.7. The Labute approximate surface area is 208 Å². The lowest BCUT2D eigenvalue weighted by atomic mass is 9.88. The van der Waals surface area contributed by atoms with Crippen LogP contribution in [0.5, 0.6) is 11.5 Å². The van der Waals surface area contributed by atoms with Gasteiger partial charge in [0.15, 0.2) is 0 Å². The minimum Gasteiger partial charge on any atom is -0.497 e. The van der Waals surface area contributed by atoms with Gasteiger partial charge in [0.05, 0.1) is 13.7 Å². The highest BCUT2D eigenvalue weighted by atomic mass is 79.9. The van der Waals surface area contributed by atoms with Gasteiger partial charge >= 0.3 is 0 Å². The molecule has 1 aliphatic heterocycles. The number of halogens is 2. The summed E-state index contributed by atoms with van der Waals surface area (Å²) in [5, 5.41) is 3.45. The number of anilines is 1. The summed E-state index contributed by atoms with van der Waals surface area (Å²) in [6.45, 7) is 4.69. The van der Waals surface area contributed by atoms with E-state index < -0.39 is 11.7 Å². The topological polar surface area (TPSA) is 49.0 Å². The first-order valence-electron chi connectivity index (χ1n) is 11.1. The van der Waals surface area contributed by atoms with Crippen molar-refractivity contribution in [2.75, 3.05) is 19.5 Å². The van der Waals surface area contributed by atoms with Gasteiger partial charge in [-0.25, -0.2) is 4.39 Å². The molecule has 0 bridgehead atoms. The third-order valence-corrected chi connectivity index (χ3v) is 6.49. The molecule has 180 valence electrons. The van der Waals surface area contributed by atoms with Crippen molar-refractivity contribution >= 4 is 21.6 Å². The van der Waals surface area contributed by atoms with Crippen LogP contribution in [0, 0.1) is 5.82 Å². The van der Waals surface area contributed by atoms with Crippen molar-refractivity contribution in [1.82, 2.24) is 0 Å². The van der Waals surface area contributed by atoms with E-state index in [1.54, 1.807) is 26.4 Å². The Morgan fingerprint density at radius 2 is 1.79 bits per heavy atom. The second-order valence-corrected chi connectivity index (χ2v) is 9.70. The van der Waals surface area contributed by atoms with E-state index in [1.165, 1.54) is 6.07 Å². The number of rotatable bonds is 8. The van der Waals surface area contributed by atoms with Gasteiger partial charge in [0, 0.05) is 34.9 Å². The molecule has 7 heteroatoms. The number of methoxy groups -OCH3 is 2. The van der Waals surface area contributed by atoms with Crippen LogP contribution in [0.25, 0.3) is 0 Å². The Balaban J connectivity index is 1.52. The zero-order chi connectivity index (χ0) is 24.3. The lowest BCUT2D eigenvalue weighted by molar-refractivity contribution is -0.159. The van der Waals surface area contributed by atoms with Gasteiger partial charge < -0.3 is 24.3 Å². The van der Waals surface area contributed by atoms with Gasteiger partial charge in [0.2, 0.25) is 0 Å². The molecule has 3 aromatic carbocycles. The largest absolute Gasteiger partial charge is 0.497 e. The monoisotopic (exact) mass is 529 g/mol. The lowest BCUT2D eigenvalue weighted by Crippen LogP contribution is -2.50. The van der Waals surface area contributed by atoms with E-state index in [2.05, 4.69) is 21.2 Å². The average Bonchev–Trinajstić information content (AvgIpc) is 2.82. The van der Waals surface area contributed by atoms with Crippen molar-refractivity contribution in [3.63, 3.8) is 0 Å². The van der Waals surface area contributed by atoms with E-state index in [4.69, 9.17) is 18.9 Å². The minimum atomic E-state index is -0.669. The first-order valence-corrected chi connectivity index (χ1v) is 11.9. The quantitative estimate of drug-likeness (QED) is 0.353. The van der Waals surface area contributed by atoms with Crippen LogP contribution in [0.15, 0.2) is 65.1 Å². The van der Waals surface area contributed by atoms with E-state index in [9.17, 15) is 4.39 Å². The molecule has 1 aliphatic rings. The first kappa shape index (κ1) is 24.5. The van der Waals surface area contributed by atoms with Gasteiger partial charge in [-0.3, -0.25) is 0 Å². The predicted molar refractivity (Wildman–Crippen MR) is 134 cm³/mol. The molecule has 4 rings (SSSR count). The third kappa shape index (κ3) is 5.37. The van der Waals surface area contributed by atoms with Crippen molar-refractivity contribution in [2.45, 2.75) is 44.8 Å². The van der Waals surface area contributed by atoms with Gasteiger partial charge in [-0.05, 0) is 61.9 Å². The summed E-state index contributed by atoms with van der Waals surface area (Å²) in [6, 6.07) is 18.9. The Morgan fingerprint density at radius 3 is 2.47 bits per heavy atom. The molecule has 0 saturated carbocycles. The zero-order valence-electron chi connectivity index (χ0n) is 19.7. The summed E-state index contributed by atoms with van der Waals surface area (Å²) >= 11 is 3.29. The predicted octanol–water partition coefficient (Wildman–Crippen LogP) is 6.65. The molecule has 3 aromatic rings. The van der Waals surface area contributed by atoms with Crippen LogP contribution in [-0.4, -0.2) is 25.9 Å². The second-order valence-electron chi connectivity index (χ2n) is 8.78. The fourth-order valence-electron chi connectivity index (χ4n) is 4.15. The van der Waals surface area contributed by atoms with E-state index in [0.717, 1.165) is 28.3 Å². The van der Waals surface area contributed by atoms with Crippen LogP contribution in [0.4, 0.5) is 10.1 Å². The molecule has 1 heterocycles. The molecule has 0 amide bonds. The second kappa shape index (κ2) is 10.3. The normalized spacial score (nSPS) is 18.6. The molecular weight excluding hydrogens is 501 g/mol. The highest BCUT2D eigenvalue weighted by molar-refractivity contribution is 9.10. The molecular formula is C27H29BrFNO4. The Morgan fingerprint density at radius 1 is 1.03 bits per heavy atom. The lowest BCUT2D eigenvalue weighted by Gasteiger charge is -2.44. The molecule has 0 saturated heterocycles. The fraction of sp³-hybridized carbons (Fsp3) is 0.333. The highest BCUT2D eigenvalue weighted by Gasteiger charge is 2.45. The van der Waals surface area contributed by atoms with Gasteiger partial charge in [-0.1, -0.05) is 34.1 Å². The van der Waals surface area contributed by atoms with Crippen LogP contribution in [0.2, 0.25) is 0 Å². The van der Waals surface area contributed by atoms with E-state index >= 15 is 0 Å². The molecule has 0 spiro atoms. The zero-order valence-corrected chi connectivity index (χ0v) is 21.3. The molecule has 2 unspecified atom stereocenters. The molecule has 0 aromatic heterocycles. The van der Waals surface area contributed by atoms with Gasteiger partial charge in [0.1, 0.15) is 35.1 Å². The van der Waals surface area contributed by atoms with Crippen molar-refractivity contribution in [3.05, 3.63) is 87.6 Å². The molecule has 0 aliphatic carbocycles. The molecule has 0 radical (unpaired) electrons. The third-order valence-electron chi connectivity index (χ3n) is 5.99. The number of benzene rings is 3. The summed E-state index contributed by atoms with van der Waals surface area (Å²) in [4.78, 5) is 0. The maximum Gasteiger partial charge on any atom is 0.132 e. The molecule has 1 N–H and O–H groups in total. The van der Waals surface area contributed by atoms with Crippen LogP contribution in [0.1, 0.15) is 36.6 Å². The van der Waals surface area contributed by atoms with Crippen LogP contribution < -0.4 is 14.8 Å². The van der Waals surface area contributed by atoms with Crippen molar-refractivity contribution < 1.29 is 23.3 Å². The Bertz CT molecular complexity index is 1140. The minimum absolute atomic E-state index is 0.112. The maximum absolute atomic E-state index is 14.3. The molecule has 0 fully saturated rings. The highest BCUT2D eigenvalue weighted by Crippen LogP contribution is 2.44. The molecule has 5 nitrogen and oxygen atoms in total. The van der Waals surface area contributed by atoms with Crippen LogP contribution in [-0.2, 0) is 22.6 Å². The maximum atomic E-state index is 14.3. The number of ether oxygens (including phenoxy) is 4. The average molecular weight is 530 g/mol. The fourth-order valence-corrected chi connectivity index (χ4v) is 4.48. The molecule has 2 atom stereocenters. The van der Waals surface area contributed by atoms with Crippen molar-refractivity contribution in [3.8, 4) is 11.5 Å². The summed E-state index contributed by atoms with van der Waals surface area (Å²) in [6.07, 6.45) is -0.815. The van der Waals surface area contributed by atoms with Gasteiger partial charge in [-0.15, -0.1) is 0 Å². The number of hydrogen-bond acceptors (Lipinski definition) is 5. The van der Waals surface area contributed by atoms with Crippen LogP contribution in [0.3, 0.4) is 0 Å². The standard InChI is InChI=1S/C27H29BrFNO4/c1-27(2)26(33-16-18-7-8-19(28)13-23(18)29)25(32-4)22-14-20(9-12-24(22)34-27)30-15-17-5-10-21(31-3)11-6-17/h5-14,25-26,30H,15-16H2,1-4H3.